The molecule has 1 aromatic heterocycles. The van der Waals surface area contributed by atoms with E-state index < -0.39 is 10.0 Å². The van der Waals surface area contributed by atoms with Gasteiger partial charge in [-0.1, -0.05) is 20.3 Å². The molecule has 7 heteroatoms. The van der Waals surface area contributed by atoms with Crippen molar-refractivity contribution in [3.63, 3.8) is 0 Å². The van der Waals surface area contributed by atoms with E-state index in [-0.39, 0.29) is 16.8 Å². The van der Waals surface area contributed by atoms with Gasteiger partial charge in [-0.3, -0.25) is 4.68 Å². The van der Waals surface area contributed by atoms with Gasteiger partial charge in [0.05, 0.1) is 0 Å². The van der Waals surface area contributed by atoms with Gasteiger partial charge in [0, 0.05) is 18.8 Å². The van der Waals surface area contributed by atoms with Crippen molar-refractivity contribution < 1.29 is 8.42 Å². The standard InChI is InChI=1S/C11H20N4O2S/c1-3-5-15-7-10(11(12)13-15)18(16,17)14-9-6-8(9)4-2/h7-9,14H,3-6H2,1-2H3,(H2,12,13). The summed E-state index contributed by atoms with van der Waals surface area (Å²) in [5.41, 5.74) is 5.67. The molecule has 2 unspecified atom stereocenters. The minimum atomic E-state index is -3.53. The molecule has 102 valence electrons. The van der Waals surface area contributed by atoms with Crippen LogP contribution in [0.1, 0.15) is 33.1 Å². The fraction of sp³-hybridized carbons (Fsp3) is 0.727. The summed E-state index contributed by atoms with van der Waals surface area (Å²) >= 11 is 0. The molecular weight excluding hydrogens is 252 g/mol. The minimum absolute atomic E-state index is 0.0638. The molecule has 1 heterocycles. The summed E-state index contributed by atoms with van der Waals surface area (Å²) in [6.45, 7) is 4.73. The van der Waals surface area contributed by atoms with E-state index in [1.54, 1.807) is 4.68 Å². The Morgan fingerprint density at radius 3 is 2.83 bits per heavy atom. The number of sulfonamides is 1. The Hall–Kier alpha value is -1.08. The van der Waals surface area contributed by atoms with Gasteiger partial charge in [0.2, 0.25) is 10.0 Å². The third kappa shape index (κ3) is 2.67. The lowest BCUT2D eigenvalue weighted by Gasteiger charge is -2.04. The zero-order valence-corrected chi connectivity index (χ0v) is 11.6. The number of nitrogen functional groups attached to an aromatic ring is 1. The molecule has 1 aromatic rings. The number of nitrogens with two attached hydrogens (primary N) is 1. The Bertz CT molecular complexity index is 523. The van der Waals surface area contributed by atoms with Crippen LogP contribution in [0.2, 0.25) is 0 Å². The lowest BCUT2D eigenvalue weighted by atomic mass is 10.3. The zero-order chi connectivity index (χ0) is 13.3. The first kappa shape index (κ1) is 13.4. The van der Waals surface area contributed by atoms with Gasteiger partial charge < -0.3 is 5.73 Å². The van der Waals surface area contributed by atoms with Gasteiger partial charge in [0.15, 0.2) is 5.82 Å². The predicted molar refractivity (Wildman–Crippen MR) is 69.4 cm³/mol. The minimum Gasteiger partial charge on any atom is -0.381 e. The third-order valence-electron chi connectivity index (χ3n) is 3.25. The quantitative estimate of drug-likeness (QED) is 0.807. The molecule has 0 amide bonds. The molecular formula is C11H20N4O2S. The molecule has 0 aliphatic heterocycles. The normalized spacial score (nSPS) is 23.2. The lowest BCUT2D eigenvalue weighted by molar-refractivity contribution is 0.574. The molecule has 18 heavy (non-hydrogen) atoms. The summed E-state index contributed by atoms with van der Waals surface area (Å²) in [5.74, 6) is 0.538. The fourth-order valence-electron chi connectivity index (χ4n) is 2.07. The van der Waals surface area contributed by atoms with Crippen LogP contribution in [0, 0.1) is 5.92 Å². The predicted octanol–water partition coefficient (Wildman–Crippen LogP) is 0.952. The smallest absolute Gasteiger partial charge is 0.246 e. The van der Waals surface area contributed by atoms with Crippen LogP contribution >= 0.6 is 0 Å². The SMILES string of the molecule is CCCn1cc(S(=O)(=O)NC2CC2CC)c(N)n1. The molecule has 0 spiro atoms. The number of rotatable bonds is 6. The molecule has 0 aromatic carbocycles. The molecule has 0 radical (unpaired) electrons. The fourth-order valence-corrected chi connectivity index (χ4v) is 3.47. The van der Waals surface area contributed by atoms with E-state index in [1.807, 2.05) is 6.92 Å². The van der Waals surface area contributed by atoms with Gasteiger partial charge in [-0.15, -0.1) is 0 Å². The number of hydrogen-bond donors (Lipinski definition) is 2. The van der Waals surface area contributed by atoms with Crippen molar-refractivity contribution in [1.29, 1.82) is 0 Å². The molecule has 3 N–H and O–H groups in total. The van der Waals surface area contributed by atoms with E-state index in [9.17, 15) is 8.42 Å². The van der Waals surface area contributed by atoms with E-state index >= 15 is 0 Å². The largest absolute Gasteiger partial charge is 0.381 e. The maximum absolute atomic E-state index is 12.1. The number of nitrogens with one attached hydrogen (secondary N) is 1. The van der Waals surface area contributed by atoms with E-state index in [4.69, 9.17) is 5.73 Å². The van der Waals surface area contributed by atoms with Gasteiger partial charge in [-0.05, 0) is 18.8 Å². The van der Waals surface area contributed by atoms with Crippen LogP contribution in [-0.4, -0.2) is 24.2 Å². The Labute approximate surface area is 108 Å². The highest BCUT2D eigenvalue weighted by Gasteiger charge is 2.39. The second kappa shape index (κ2) is 4.89. The number of aryl methyl sites for hydroxylation is 1. The summed E-state index contributed by atoms with van der Waals surface area (Å²) in [5, 5.41) is 4.01. The molecule has 0 bridgehead atoms. The Morgan fingerprint density at radius 2 is 2.28 bits per heavy atom. The van der Waals surface area contributed by atoms with Crippen LogP contribution in [0.4, 0.5) is 5.82 Å². The number of aromatic nitrogens is 2. The number of anilines is 1. The lowest BCUT2D eigenvalue weighted by Crippen LogP contribution is -2.27. The first-order valence-electron chi connectivity index (χ1n) is 6.33. The van der Waals surface area contributed by atoms with Crippen molar-refractivity contribution in [3.8, 4) is 0 Å². The van der Waals surface area contributed by atoms with Crippen LogP contribution in [0.3, 0.4) is 0 Å². The highest BCUT2D eigenvalue weighted by atomic mass is 32.2. The average molecular weight is 272 g/mol. The maximum atomic E-state index is 12.1. The first-order chi connectivity index (χ1) is 8.47. The van der Waals surface area contributed by atoms with Crippen molar-refractivity contribution in [2.24, 2.45) is 5.92 Å². The van der Waals surface area contributed by atoms with Crippen molar-refractivity contribution >= 4 is 15.8 Å². The molecule has 1 saturated carbocycles. The van der Waals surface area contributed by atoms with Gasteiger partial charge in [-0.2, -0.15) is 5.10 Å². The summed E-state index contributed by atoms with van der Waals surface area (Å²) in [4.78, 5) is 0.0951. The molecule has 1 aliphatic carbocycles. The van der Waals surface area contributed by atoms with Crippen LogP contribution in [-0.2, 0) is 16.6 Å². The van der Waals surface area contributed by atoms with Gasteiger partial charge in [-0.25, -0.2) is 13.1 Å². The topological polar surface area (TPSA) is 90.0 Å². The molecule has 6 nitrogen and oxygen atoms in total. The van der Waals surface area contributed by atoms with Crippen LogP contribution < -0.4 is 10.5 Å². The number of nitrogens with zero attached hydrogens (tertiary/aromatic N) is 2. The van der Waals surface area contributed by atoms with Crippen LogP contribution in [0.25, 0.3) is 0 Å². The van der Waals surface area contributed by atoms with Crippen molar-refractivity contribution in [2.75, 3.05) is 5.73 Å². The molecule has 0 saturated heterocycles. The second-order valence-corrected chi connectivity index (χ2v) is 6.46. The number of hydrogen-bond acceptors (Lipinski definition) is 4. The van der Waals surface area contributed by atoms with Crippen molar-refractivity contribution in [2.45, 2.75) is 50.6 Å². The van der Waals surface area contributed by atoms with Gasteiger partial charge in [0.25, 0.3) is 0 Å². The van der Waals surface area contributed by atoms with E-state index in [2.05, 4.69) is 16.7 Å². The third-order valence-corrected chi connectivity index (χ3v) is 4.76. The summed E-state index contributed by atoms with van der Waals surface area (Å²) in [6, 6.07) is 0.0638. The Kier molecular flexibility index (Phi) is 3.63. The molecule has 1 fully saturated rings. The van der Waals surface area contributed by atoms with Gasteiger partial charge in [0.1, 0.15) is 4.90 Å². The van der Waals surface area contributed by atoms with E-state index in [0.717, 1.165) is 19.3 Å². The molecule has 2 atom stereocenters. The zero-order valence-electron chi connectivity index (χ0n) is 10.8. The Morgan fingerprint density at radius 1 is 1.56 bits per heavy atom. The molecule has 2 rings (SSSR count). The van der Waals surface area contributed by atoms with E-state index in [0.29, 0.717) is 12.5 Å². The van der Waals surface area contributed by atoms with Crippen molar-refractivity contribution in [3.05, 3.63) is 6.20 Å². The maximum Gasteiger partial charge on any atom is 0.246 e. The van der Waals surface area contributed by atoms with Crippen LogP contribution in [0.5, 0.6) is 0 Å². The Balaban J connectivity index is 2.14. The van der Waals surface area contributed by atoms with E-state index in [1.165, 1.54) is 6.20 Å². The average Bonchev–Trinajstić information content (AvgIpc) is 2.92. The monoisotopic (exact) mass is 272 g/mol. The van der Waals surface area contributed by atoms with Crippen molar-refractivity contribution in [1.82, 2.24) is 14.5 Å². The first-order valence-corrected chi connectivity index (χ1v) is 7.81. The summed E-state index contributed by atoms with van der Waals surface area (Å²) in [7, 11) is -3.53. The second-order valence-electron chi connectivity index (χ2n) is 4.77. The summed E-state index contributed by atoms with van der Waals surface area (Å²) in [6.07, 6.45) is 4.30. The summed E-state index contributed by atoms with van der Waals surface area (Å²) < 4.78 is 28.5. The highest BCUT2D eigenvalue weighted by molar-refractivity contribution is 7.89. The molecule has 1 aliphatic rings. The highest BCUT2D eigenvalue weighted by Crippen LogP contribution is 2.34. The van der Waals surface area contributed by atoms with Gasteiger partial charge >= 0.3 is 0 Å². The van der Waals surface area contributed by atoms with Crippen LogP contribution in [0.15, 0.2) is 11.1 Å².